The van der Waals surface area contributed by atoms with Crippen molar-refractivity contribution in [1.82, 2.24) is 0 Å². The van der Waals surface area contributed by atoms with E-state index in [9.17, 15) is 0 Å². The van der Waals surface area contributed by atoms with E-state index in [1.54, 1.807) is 0 Å². The van der Waals surface area contributed by atoms with E-state index in [1.165, 1.54) is 7.16 Å². The molecule has 0 aliphatic heterocycles. The number of hydrogen-bond donors (Lipinski definition) is 0. The molecule has 0 aliphatic carbocycles. The van der Waals surface area contributed by atoms with Gasteiger partial charge < -0.3 is 0 Å². The Kier molecular flexibility index (Phi) is 6.78. The van der Waals surface area contributed by atoms with Crippen molar-refractivity contribution < 1.29 is 6.15 Å². The molecule has 0 spiro atoms. The molecule has 4 rings (SSSR count). The molecular weight excluding hydrogens is 463 g/mol. The summed E-state index contributed by atoms with van der Waals surface area (Å²) in [6.07, 6.45) is 0. The maximum atomic E-state index is 6.80. The van der Waals surface area contributed by atoms with Gasteiger partial charge in [-0.3, -0.25) is 0 Å². The summed E-state index contributed by atoms with van der Waals surface area (Å²) < 4.78 is 16.0. The van der Waals surface area contributed by atoms with Crippen molar-refractivity contribution in [2.45, 2.75) is 13.2 Å². The minimum absolute atomic E-state index is 0.537. The second kappa shape index (κ2) is 9.88. The van der Waals surface area contributed by atoms with Crippen LogP contribution in [0.1, 0.15) is 11.1 Å². The van der Waals surface area contributed by atoms with Gasteiger partial charge in [0, 0.05) is 0 Å². The fraction of sp³-hybridized carbons (Fsp3) is 0.0769. The second-order valence-corrected chi connectivity index (χ2v) is 15.4. The molecule has 0 atom stereocenters. The quantitative estimate of drug-likeness (QED) is 0.337. The van der Waals surface area contributed by atoms with Crippen molar-refractivity contribution in [3.63, 3.8) is 0 Å². The van der Waals surface area contributed by atoms with Gasteiger partial charge in [0.1, 0.15) is 0 Å². The molecule has 0 aromatic heterocycles. The van der Waals surface area contributed by atoms with Gasteiger partial charge in [-0.05, 0) is 0 Å². The van der Waals surface area contributed by atoms with Gasteiger partial charge in [0.05, 0.1) is 0 Å². The third kappa shape index (κ3) is 4.96. The summed E-state index contributed by atoms with van der Waals surface area (Å²) in [7, 11) is 0. The molecule has 144 valence electrons. The van der Waals surface area contributed by atoms with E-state index in [1.807, 2.05) is 48.5 Å². The van der Waals surface area contributed by atoms with E-state index in [4.69, 9.17) is 6.15 Å². The molecule has 0 saturated carbocycles. The van der Waals surface area contributed by atoms with Crippen LogP contribution >= 0.6 is 0 Å². The van der Waals surface area contributed by atoms with Crippen LogP contribution in [-0.4, -0.2) is 19.2 Å². The van der Waals surface area contributed by atoms with Crippen LogP contribution in [0.15, 0.2) is 121 Å². The van der Waals surface area contributed by atoms with E-state index in [0.29, 0.717) is 13.2 Å². The Morgan fingerprint density at radius 3 is 1.07 bits per heavy atom. The van der Waals surface area contributed by atoms with E-state index in [0.717, 1.165) is 11.1 Å². The predicted octanol–water partition coefficient (Wildman–Crippen LogP) is 4.68. The van der Waals surface area contributed by atoms with Crippen LogP contribution < -0.4 is 7.16 Å². The Morgan fingerprint density at radius 1 is 0.414 bits per heavy atom. The average molecular weight is 487 g/mol. The molecule has 0 radical (unpaired) electrons. The number of benzene rings is 4. The maximum absolute atomic E-state index is 6.80. The van der Waals surface area contributed by atoms with Gasteiger partial charge in [0.2, 0.25) is 0 Å². The van der Waals surface area contributed by atoms with Gasteiger partial charge in [0.15, 0.2) is 0 Å². The zero-order chi connectivity index (χ0) is 19.8. The molecular formula is C26H24O2Sn. The molecule has 0 fully saturated rings. The Balaban J connectivity index is 1.73. The van der Waals surface area contributed by atoms with E-state index >= 15 is 0 Å². The first kappa shape index (κ1) is 19.9. The average Bonchev–Trinajstić information content (AvgIpc) is 2.82. The first-order chi connectivity index (χ1) is 14.4. The molecule has 0 saturated heterocycles. The summed E-state index contributed by atoms with van der Waals surface area (Å²) >= 11 is -3.89. The minimum atomic E-state index is -3.89. The van der Waals surface area contributed by atoms with Crippen LogP contribution in [0.2, 0.25) is 0 Å². The normalized spacial score (nSPS) is 11.3. The molecule has 0 N–H and O–H groups in total. The Morgan fingerprint density at radius 2 is 0.724 bits per heavy atom. The molecule has 0 unspecified atom stereocenters. The van der Waals surface area contributed by atoms with Crippen molar-refractivity contribution in [1.29, 1.82) is 0 Å². The number of hydrogen-bond acceptors (Lipinski definition) is 2. The molecule has 3 heteroatoms. The summed E-state index contributed by atoms with van der Waals surface area (Å²) in [6, 6.07) is 41.6. The van der Waals surface area contributed by atoms with Gasteiger partial charge in [-0.1, -0.05) is 0 Å². The van der Waals surface area contributed by atoms with Crippen molar-refractivity contribution >= 4 is 26.4 Å². The Labute approximate surface area is 177 Å². The molecule has 2 nitrogen and oxygen atoms in total. The molecule has 29 heavy (non-hydrogen) atoms. The van der Waals surface area contributed by atoms with Crippen molar-refractivity contribution in [3.05, 3.63) is 132 Å². The van der Waals surface area contributed by atoms with Crippen molar-refractivity contribution in [3.8, 4) is 0 Å². The van der Waals surface area contributed by atoms with E-state index < -0.39 is 19.2 Å². The zero-order valence-electron chi connectivity index (χ0n) is 16.3. The van der Waals surface area contributed by atoms with Gasteiger partial charge in [-0.25, -0.2) is 0 Å². The van der Waals surface area contributed by atoms with Crippen LogP contribution in [0.5, 0.6) is 0 Å². The number of rotatable bonds is 8. The van der Waals surface area contributed by atoms with Crippen LogP contribution in [0.3, 0.4) is 0 Å². The van der Waals surface area contributed by atoms with Crippen LogP contribution in [0, 0.1) is 0 Å². The van der Waals surface area contributed by atoms with E-state index in [-0.39, 0.29) is 0 Å². The van der Waals surface area contributed by atoms with Crippen LogP contribution in [-0.2, 0) is 19.4 Å². The van der Waals surface area contributed by atoms with Gasteiger partial charge >= 0.3 is 178 Å². The molecule has 0 heterocycles. The molecule has 4 aromatic rings. The fourth-order valence-corrected chi connectivity index (χ4v) is 12.2. The fourth-order valence-electron chi connectivity index (χ4n) is 3.38. The predicted molar refractivity (Wildman–Crippen MR) is 120 cm³/mol. The van der Waals surface area contributed by atoms with Gasteiger partial charge in [0.25, 0.3) is 0 Å². The topological polar surface area (TPSA) is 18.5 Å². The Bertz CT molecular complexity index is 905. The standard InChI is InChI=1S/2C7H7O.2C6H5.Sn/c2*8-6-7-4-2-1-3-5-7;2*1-2-4-6-5-3-1;/h2*1-5H,6H2;2*1-5H;/q2*-1;;;+2. The summed E-state index contributed by atoms with van der Waals surface area (Å²) in [6.45, 7) is 1.07. The Hall–Kier alpha value is -2.40. The first-order valence-electron chi connectivity index (χ1n) is 9.84. The summed E-state index contributed by atoms with van der Waals surface area (Å²) in [5.74, 6) is 0. The summed E-state index contributed by atoms with van der Waals surface area (Å²) in [5.41, 5.74) is 2.31. The monoisotopic (exact) mass is 488 g/mol. The van der Waals surface area contributed by atoms with Crippen LogP contribution in [0.4, 0.5) is 0 Å². The molecule has 0 aliphatic rings. The first-order valence-corrected chi connectivity index (χ1v) is 15.0. The summed E-state index contributed by atoms with van der Waals surface area (Å²) in [5, 5.41) is 0. The third-order valence-electron chi connectivity index (χ3n) is 4.88. The molecule has 0 amide bonds. The van der Waals surface area contributed by atoms with Crippen LogP contribution in [0.25, 0.3) is 0 Å². The molecule has 0 bridgehead atoms. The van der Waals surface area contributed by atoms with Gasteiger partial charge in [-0.15, -0.1) is 0 Å². The SMILES string of the molecule is c1ccc(C[O][Sn]([O]Cc2ccccc2)([c]2ccccc2)[c]2ccccc2)cc1. The second-order valence-electron chi connectivity index (χ2n) is 6.90. The molecule has 4 aromatic carbocycles. The summed E-state index contributed by atoms with van der Waals surface area (Å²) in [4.78, 5) is 0. The van der Waals surface area contributed by atoms with Crippen molar-refractivity contribution in [2.75, 3.05) is 0 Å². The third-order valence-corrected chi connectivity index (χ3v) is 14.3. The zero-order valence-corrected chi connectivity index (χ0v) is 19.1. The van der Waals surface area contributed by atoms with Crippen molar-refractivity contribution in [2.24, 2.45) is 0 Å². The van der Waals surface area contributed by atoms with Gasteiger partial charge in [-0.2, -0.15) is 0 Å². The van der Waals surface area contributed by atoms with E-state index in [2.05, 4.69) is 72.8 Å².